The van der Waals surface area contributed by atoms with E-state index >= 15 is 0 Å². The van der Waals surface area contributed by atoms with E-state index in [4.69, 9.17) is 15.3 Å². The molecule has 0 bridgehead atoms. The fourth-order valence-corrected chi connectivity index (χ4v) is 1.89. The molecule has 1 aromatic carbocycles. The predicted octanol–water partition coefficient (Wildman–Crippen LogP) is 4.22. The molecule has 6 heteroatoms. The minimum atomic E-state index is -0.167. The largest absolute Gasteiger partial charge is 0.507 e. The average molecular weight is 449 g/mol. The Morgan fingerprint density at radius 2 is 1.14 bits per heavy atom. The molecule has 0 fully saturated rings. The van der Waals surface area contributed by atoms with E-state index in [1.165, 1.54) is 5.56 Å². The van der Waals surface area contributed by atoms with Gasteiger partial charge in [-0.05, 0) is 73.5 Å². The normalized spacial score (nSPS) is 10.4. The summed E-state index contributed by atoms with van der Waals surface area (Å²) in [5.41, 5.74) is 3.23. The van der Waals surface area contributed by atoms with Crippen molar-refractivity contribution in [3.8, 4) is 5.75 Å². The molecule has 0 saturated heterocycles. The van der Waals surface area contributed by atoms with Gasteiger partial charge in [0.05, 0.1) is 0 Å². The summed E-state index contributed by atoms with van der Waals surface area (Å²) in [7, 11) is 4.02. The van der Waals surface area contributed by atoms with E-state index in [1.54, 1.807) is 41.5 Å². The Hall–Kier alpha value is -0.426. The van der Waals surface area contributed by atoms with Gasteiger partial charge in [-0.25, -0.2) is 0 Å². The Bertz CT molecular complexity index is 488. The van der Waals surface area contributed by atoms with Crippen molar-refractivity contribution in [3.05, 3.63) is 28.8 Å². The smallest absolute Gasteiger partial charge is 0.123 e. The van der Waals surface area contributed by atoms with E-state index in [9.17, 15) is 5.11 Å². The summed E-state index contributed by atoms with van der Waals surface area (Å²) >= 11 is 0. The zero-order valence-corrected chi connectivity index (χ0v) is 22.4. The van der Waals surface area contributed by atoms with Gasteiger partial charge in [-0.3, -0.25) is 0 Å². The van der Waals surface area contributed by atoms with Gasteiger partial charge in [0.1, 0.15) is 5.75 Å². The Morgan fingerprint density at radius 1 is 0.828 bits per heavy atom. The van der Waals surface area contributed by atoms with Crippen LogP contribution >= 0.6 is 0 Å². The topological polar surface area (TPSA) is 84.2 Å². The summed E-state index contributed by atoms with van der Waals surface area (Å²) in [5.74, 6) is 0.451. The first-order valence-electron chi connectivity index (χ1n) is 9.93. The van der Waals surface area contributed by atoms with Crippen molar-refractivity contribution in [2.75, 3.05) is 14.1 Å². The van der Waals surface area contributed by atoms with Gasteiger partial charge in [0.15, 0.2) is 0 Å². The molecule has 0 atom stereocenters. The number of phenolic OH excluding ortho intramolecular Hbond substituents is 1. The number of aromatic hydroxyl groups is 1. The molecule has 0 aliphatic heterocycles. The van der Waals surface area contributed by atoms with Crippen LogP contribution in [0.1, 0.15) is 79.0 Å². The Morgan fingerprint density at radius 3 is 1.38 bits per heavy atom. The van der Waals surface area contributed by atoms with Crippen LogP contribution in [0.2, 0.25) is 0 Å². The van der Waals surface area contributed by atoms with Crippen LogP contribution < -0.4 is 0 Å². The van der Waals surface area contributed by atoms with Crippen LogP contribution in [0, 0.1) is 6.92 Å². The molecule has 1 rings (SSSR count). The summed E-state index contributed by atoms with van der Waals surface area (Å²) in [6, 6.07) is 4.14. The number of aryl methyl sites for hydroxylation is 1. The second-order valence-electron chi connectivity index (χ2n) is 9.09. The van der Waals surface area contributed by atoms with E-state index in [1.807, 2.05) is 14.1 Å². The quantitative estimate of drug-likeness (QED) is 0.508. The van der Waals surface area contributed by atoms with E-state index in [2.05, 4.69) is 44.7 Å². The third-order valence-corrected chi connectivity index (χ3v) is 2.63. The zero-order valence-electron chi connectivity index (χ0n) is 20.8. The maximum Gasteiger partial charge on any atom is 0.123 e. The molecule has 5 nitrogen and oxygen atoms in total. The Labute approximate surface area is 195 Å². The second-order valence-corrected chi connectivity index (χ2v) is 9.09. The number of rotatable bonds is 2. The number of benzene rings is 1. The first kappa shape index (κ1) is 36.0. The van der Waals surface area contributed by atoms with Crippen LogP contribution in [0.4, 0.5) is 0 Å². The van der Waals surface area contributed by atoms with Crippen LogP contribution in [0.5, 0.6) is 5.75 Å². The SMILES string of the molecule is CC(C)O.CC(C)O.CC(C)O.Cc1cc(CN(C)C)c(O)c(C(C)(C)C)c1.[Ti]. The number of aliphatic hydroxyl groups is 3. The van der Waals surface area contributed by atoms with Gasteiger partial charge in [-0.1, -0.05) is 38.5 Å². The van der Waals surface area contributed by atoms with Gasteiger partial charge in [0, 0.05) is 52.1 Å². The van der Waals surface area contributed by atoms with Gasteiger partial charge < -0.3 is 25.3 Å². The van der Waals surface area contributed by atoms with Gasteiger partial charge in [-0.15, -0.1) is 0 Å². The molecule has 172 valence electrons. The molecule has 0 unspecified atom stereocenters. The van der Waals surface area contributed by atoms with Crippen molar-refractivity contribution in [3.63, 3.8) is 0 Å². The second kappa shape index (κ2) is 18.4. The third kappa shape index (κ3) is 27.6. The predicted molar refractivity (Wildman–Crippen MR) is 121 cm³/mol. The number of hydrogen-bond donors (Lipinski definition) is 4. The summed E-state index contributed by atoms with van der Waals surface area (Å²) in [6.07, 6.45) is -0.500. The number of hydrogen-bond acceptors (Lipinski definition) is 5. The minimum absolute atomic E-state index is 0. The Kier molecular flexibility index (Phi) is 22.8. The summed E-state index contributed by atoms with van der Waals surface area (Å²) in [4.78, 5) is 2.07. The van der Waals surface area contributed by atoms with Crippen molar-refractivity contribution in [1.29, 1.82) is 0 Å². The van der Waals surface area contributed by atoms with Crippen molar-refractivity contribution in [2.45, 2.75) is 99.5 Å². The fraction of sp³-hybridized carbons (Fsp3) is 0.739. The number of phenols is 1. The molecule has 0 aromatic heterocycles. The van der Waals surface area contributed by atoms with Crippen molar-refractivity contribution >= 4 is 0 Å². The average Bonchev–Trinajstić information content (AvgIpc) is 2.38. The van der Waals surface area contributed by atoms with Crippen LogP contribution in [0.3, 0.4) is 0 Å². The molecule has 0 aliphatic carbocycles. The summed E-state index contributed by atoms with van der Waals surface area (Å²) in [5, 5.41) is 34.4. The van der Waals surface area contributed by atoms with Crippen LogP contribution in [0.25, 0.3) is 0 Å². The van der Waals surface area contributed by atoms with Gasteiger partial charge in [-0.2, -0.15) is 0 Å². The first-order valence-corrected chi connectivity index (χ1v) is 9.93. The molecule has 0 radical (unpaired) electrons. The van der Waals surface area contributed by atoms with E-state index < -0.39 is 0 Å². The molecule has 0 heterocycles. The molecule has 0 amide bonds. The summed E-state index contributed by atoms with van der Waals surface area (Å²) < 4.78 is 0. The molecule has 0 saturated carbocycles. The molecular formula is C23H47NO4Ti. The molecule has 4 N–H and O–H groups in total. The fourth-order valence-electron chi connectivity index (χ4n) is 1.89. The molecular weight excluding hydrogens is 402 g/mol. The van der Waals surface area contributed by atoms with E-state index in [0.717, 1.165) is 17.7 Å². The molecule has 0 spiro atoms. The maximum atomic E-state index is 10.3. The van der Waals surface area contributed by atoms with Gasteiger partial charge in [0.2, 0.25) is 0 Å². The van der Waals surface area contributed by atoms with Crippen LogP contribution in [0.15, 0.2) is 12.1 Å². The molecule has 0 aliphatic rings. The van der Waals surface area contributed by atoms with Crippen molar-refractivity contribution < 1.29 is 42.1 Å². The van der Waals surface area contributed by atoms with Crippen LogP contribution in [-0.4, -0.2) is 57.7 Å². The molecule has 1 aromatic rings. The standard InChI is InChI=1S/C14H23NO.3C3H8O.Ti/c1-10-7-11(9-15(5)6)13(16)12(8-10)14(2,3)4;3*1-3(2)4;/h7-8,16H,9H2,1-6H3;3*3-4H,1-2H3;. The van der Waals surface area contributed by atoms with Crippen molar-refractivity contribution in [1.82, 2.24) is 4.90 Å². The monoisotopic (exact) mass is 449 g/mol. The van der Waals surface area contributed by atoms with Crippen molar-refractivity contribution in [2.24, 2.45) is 0 Å². The van der Waals surface area contributed by atoms with Gasteiger partial charge in [0.25, 0.3) is 0 Å². The summed E-state index contributed by atoms with van der Waals surface area (Å²) in [6.45, 7) is 19.6. The van der Waals surface area contributed by atoms with E-state index in [0.29, 0.717) is 5.75 Å². The molecule has 29 heavy (non-hydrogen) atoms. The minimum Gasteiger partial charge on any atom is -0.507 e. The number of nitrogens with zero attached hydrogens (tertiary/aromatic N) is 1. The zero-order chi connectivity index (χ0) is 23.2. The van der Waals surface area contributed by atoms with Crippen LogP contribution in [-0.2, 0) is 33.7 Å². The van der Waals surface area contributed by atoms with E-state index in [-0.39, 0.29) is 45.4 Å². The first-order chi connectivity index (χ1) is 12.4. The third-order valence-electron chi connectivity index (χ3n) is 2.63. The maximum absolute atomic E-state index is 10.3. The Balaban J connectivity index is -0.000000199. The number of aliphatic hydroxyl groups excluding tert-OH is 3. The van der Waals surface area contributed by atoms with Gasteiger partial charge >= 0.3 is 0 Å².